The molecule has 34 heavy (non-hydrogen) atoms. The van der Waals surface area contributed by atoms with Crippen LogP contribution in [0, 0.1) is 20.2 Å². The van der Waals surface area contributed by atoms with Crippen LogP contribution in [0.25, 0.3) is 0 Å². The number of amides is 2. The Morgan fingerprint density at radius 3 is 1.38 bits per heavy atom. The molecule has 2 fully saturated rings. The van der Waals surface area contributed by atoms with Gasteiger partial charge in [0.15, 0.2) is 0 Å². The number of hydrogen-bond acceptors (Lipinski definition) is 8. The summed E-state index contributed by atoms with van der Waals surface area (Å²) in [6.07, 6.45) is 2.97. The molecule has 2 aliphatic rings. The molecule has 178 valence electrons. The second-order valence-electron chi connectivity index (χ2n) is 8.08. The highest BCUT2D eigenvalue weighted by Gasteiger charge is 2.49. The van der Waals surface area contributed by atoms with Gasteiger partial charge in [-0.1, -0.05) is 12.8 Å². The molecule has 4 rings (SSSR count). The third-order valence-corrected chi connectivity index (χ3v) is 5.91. The minimum atomic E-state index is -0.853. The van der Waals surface area contributed by atoms with Gasteiger partial charge in [0.1, 0.15) is 13.2 Å². The van der Waals surface area contributed by atoms with Crippen LogP contribution in [0.5, 0.6) is 0 Å². The summed E-state index contributed by atoms with van der Waals surface area (Å²) in [5.74, 6) is -1.71. The van der Waals surface area contributed by atoms with Crippen LogP contribution < -0.4 is 0 Å². The van der Waals surface area contributed by atoms with E-state index in [0.29, 0.717) is 24.0 Å². The van der Waals surface area contributed by atoms with Crippen molar-refractivity contribution in [2.45, 2.75) is 51.0 Å². The van der Waals surface area contributed by atoms with E-state index in [1.54, 1.807) is 0 Å². The van der Waals surface area contributed by atoms with Gasteiger partial charge in [0.2, 0.25) is 0 Å². The first-order valence-corrected chi connectivity index (χ1v) is 10.7. The fraction of sp³-hybridized carbons (Fsp3) is 0.364. The molecule has 1 saturated carbocycles. The molecule has 1 saturated heterocycles. The first-order valence-electron chi connectivity index (χ1n) is 10.7. The zero-order valence-electron chi connectivity index (χ0n) is 18.1. The van der Waals surface area contributed by atoms with Crippen LogP contribution in [-0.2, 0) is 32.5 Å². The van der Waals surface area contributed by atoms with Gasteiger partial charge in [-0.15, -0.1) is 0 Å². The molecule has 2 amide bonds. The van der Waals surface area contributed by atoms with Gasteiger partial charge < -0.3 is 0 Å². The summed E-state index contributed by atoms with van der Waals surface area (Å²) in [4.78, 5) is 57.7. The molecule has 0 bridgehead atoms. The van der Waals surface area contributed by atoms with Gasteiger partial charge in [0.25, 0.3) is 11.4 Å². The maximum absolute atomic E-state index is 12.9. The molecule has 2 aromatic rings. The van der Waals surface area contributed by atoms with E-state index in [1.165, 1.54) is 48.5 Å². The molecule has 2 aromatic carbocycles. The lowest BCUT2D eigenvalue weighted by molar-refractivity contribution is -0.385. The average Bonchev–Trinajstić information content (AvgIpc) is 2.84. The van der Waals surface area contributed by atoms with Crippen LogP contribution in [0.1, 0.15) is 36.8 Å². The Labute approximate surface area is 193 Å². The van der Waals surface area contributed by atoms with Gasteiger partial charge >= 0.3 is 11.8 Å². The van der Waals surface area contributed by atoms with Crippen LogP contribution >= 0.6 is 0 Å². The Bertz CT molecular complexity index is 1000. The molecule has 2 atom stereocenters. The summed E-state index contributed by atoms with van der Waals surface area (Å²) in [6.45, 7) is -0.0478. The van der Waals surface area contributed by atoms with E-state index in [1.807, 2.05) is 0 Å². The highest BCUT2D eigenvalue weighted by atomic mass is 16.7. The Morgan fingerprint density at radius 2 is 1.06 bits per heavy atom. The molecule has 0 spiro atoms. The molecule has 2 unspecified atom stereocenters. The van der Waals surface area contributed by atoms with E-state index >= 15 is 0 Å². The van der Waals surface area contributed by atoms with Crippen molar-refractivity contribution in [2.24, 2.45) is 0 Å². The van der Waals surface area contributed by atoms with E-state index in [9.17, 15) is 29.8 Å². The Morgan fingerprint density at radius 1 is 0.706 bits per heavy atom. The second kappa shape index (κ2) is 9.93. The number of nitrogens with zero attached hydrogens (tertiary/aromatic N) is 4. The zero-order valence-corrected chi connectivity index (χ0v) is 18.1. The fourth-order valence-electron chi connectivity index (χ4n) is 4.15. The normalized spacial score (nSPS) is 20.2. The number of non-ortho nitro benzene ring substituents is 2. The maximum atomic E-state index is 12.9. The Kier molecular flexibility index (Phi) is 6.80. The van der Waals surface area contributed by atoms with Crippen LogP contribution in [0.3, 0.4) is 0 Å². The van der Waals surface area contributed by atoms with Crippen LogP contribution in [0.4, 0.5) is 11.4 Å². The van der Waals surface area contributed by atoms with Gasteiger partial charge in [0.05, 0.1) is 21.9 Å². The number of rotatable bonds is 8. The number of hydroxylamine groups is 4. The lowest BCUT2D eigenvalue weighted by atomic mass is 9.88. The van der Waals surface area contributed by atoms with Crippen LogP contribution in [0.2, 0.25) is 0 Å². The predicted molar refractivity (Wildman–Crippen MR) is 116 cm³/mol. The first-order chi connectivity index (χ1) is 16.3. The maximum Gasteiger partial charge on any atom is 0.338 e. The molecular formula is C22H22N4O8. The number of fused-ring (bicyclic) bond motifs is 1. The summed E-state index contributed by atoms with van der Waals surface area (Å²) >= 11 is 0. The largest absolute Gasteiger partial charge is 0.338 e. The lowest BCUT2D eigenvalue weighted by Crippen LogP contribution is -2.65. The molecular weight excluding hydrogens is 448 g/mol. The summed E-state index contributed by atoms with van der Waals surface area (Å²) in [6, 6.07) is 10.7. The average molecular weight is 470 g/mol. The van der Waals surface area contributed by atoms with Crippen LogP contribution in [-0.4, -0.2) is 43.9 Å². The monoisotopic (exact) mass is 470 g/mol. The Balaban J connectivity index is 1.43. The number of benzene rings is 2. The smallest absolute Gasteiger partial charge is 0.265 e. The predicted octanol–water partition coefficient (Wildman–Crippen LogP) is 3.05. The minimum absolute atomic E-state index is 0.0239. The second-order valence-corrected chi connectivity index (χ2v) is 8.08. The van der Waals surface area contributed by atoms with Crippen molar-refractivity contribution in [3.63, 3.8) is 0 Å². The number of nitro benzene ring substituents is 2. The van der Waals surface area contributed by atoms with Crippen molar-refractivity contribution in [1.82, 2.24) is 10.1 Å². The number of piperazine rings is 1. The van der Waals surface area contributed by atoms with E-state index in [-0.39, 0.29) is 24.6 Å². The number of carbonyl (C=O) groups excluding carboxylic acids is 2. The highest BCUT2D eigenvalue weighted by Crippen LogP contribution is 2.32. The molecule has 1 heterocycles. The van der Waals surface area contributed by atoms with E-state index in [2.05, 4.69) is 0 Å². The van der Waals surface area contributed by atoms with Crippen molar-refractivity contribution < 1.29 is 29.1 Å². The molecule has 12 heteroatoms. The van der Waals surface area contributed by atoms with Gasteiger partial charge in [-0.25, -0.2) is 10.1 Å². The van der Waals surface area contributed by atoms with Crippen LogP contribution in [0.15, 0.2) is 48.5 Å². The summed E-state index contributed by atoms with van der Waals surface area (Å²) < 4.78 is 0. The van der Waals surface area contributed by atoms with Gasteiger partial charge in [-0.3, -0.25) is 39.5 Å². The summed E-state index contributed by atoms with van der Waals surface area (Å²) in [7, 11) is 0. The van der Waals surface area contributed by atoms with E-state index < -0.39 is 33.7 Å². The lowest BCUT2D eigenvalue weighted by Gasteiger charge is -2.46. The number of carbonyl (C=O) groups is 2. The SMILES string of the molecule is O=C1C(=O)N(OCc2ccc([N+](=O)[O-])cc2)C2CCCCC2N1OCc1ccc([N+](=O)[O-])cc1. The topological polar surface area (TPSA) is 145 Å². The summed E-state index contributed by atoms with van der Waals surface area (Å²) in [5, 5.41) is 23.8. The van der Waals surface area contributed by atoms with Crippen molar-refractivity contribution in [3.05, 3.63) is 79.9 Å². The van der Waals surface area contributed by atoms with E-state index in [0.717, 1.165) is 23.0 Å². The molecule has 12 nitrogen and oxygen atoms in total. The van der Waals surface area contributed by atoms with Crippen molar-refractivity contribution >= 4 is 23.2 Å². The van der Waals surface area contributed by atoms with Crippen molar-refractivity contribution in [3.8, 4) is 0 Å². The Hall–Kier alpha value is -3.90. The molecule has 0 aromatic heterocycles. The highest BCUT2D eigenvalue weighted by molar-refractivity contribution is 6.35. The number of nitro groups is 2. The minimum Gasteiger partial charge on any atom is -0.265 e. The fourth-order valence-corrected chi connectivity index (χ4v) is 4.15. The first kappa shape index (κ1) is 23.3. The van der Waals surface area contributed by atoms with Gasteiger partial charge in [0, 0.05) is 24.3 Å². The molecule has 0 radical (unpaired) electrons. The van der Waals surface area contributed by atoms with E-state index in [4.69, 9.17) is 9.68 Å². The third kappa shape index (κ3) is 4.87. The number of hydrogen-bond donors (Lipinski definition) is 0. The van der Waals surface area contributed by atoms with Gasteiger partial charge in [-0.2, -0.15) is 0 Å². The molecule has 0 N–H and O–H groups in total. The molecule has 1 aliphatic heterocycles. The van der Waals surface area contributed by atoms with Gasteiger partial charge in [-0.05, 0) is 48.2 Å². The quantitative estimate of drug-likeness (QED) is 0.325. The standard InChI is InChI=1S/C22H22N4O8/c27-21-22(28)24(34-14-16-7-11-18(12-8-16)26(31)32)20-4-2-1-3-19(20)23(21)33-13-15-5-9-17(10-6-15)25(29)30/h5-12,19-20H,1-4,13-14H2. The molecule has 1 aliphatic carbocycles. The zero-order chi connectivity index (χ0) is 24.2. The summed E-state index contributed by atoms with van der Waals surface area (Å²) in [5.41, 5.74) is 1.13. The van der Waals surface area contributed by atoms with Crippen molar-refractivity contribution in [2.75, 3.05) is 0 Å². The van der Waals surface area contributed by atoms with Crippen molar-refractivity contribution in [1.29, 1.82) is 0 Å². The third-order valence-electron chi connectivity index (χ3n) is 5.91.